The second-order valence-corrected chi connectivity index (χ2v) is 5.05. The van der Waals surface area contributed by atoms with Crippen molar-refractivity contribution >= 4 is 11.7 Å². The quantitative estimate of drug-likeness (QED) is 0.928. The Labute approximate surface area is 129 Å². The lowest BCUT2D eigenvalue weighted by atomic mass is 10.2. The predicted octanol–water partition coefficient (Wildman–Crippen LogP) is 1.56. The highest BCUT2D eigenvalue weighted by Crippen LogP contribution is 2.08. The summed E-state index contributed by atoms with van der Waals surface area (Å²) in [6, 6.07) is 13.5. The third-order valence-electron chi connectivity index (χ3n) is 3.50. The van der Waals surface area contributed by atoms with Gasteiger partial charge in [0.2, 0.25) is 0 Å². The number of nitrogens with one attached hydrogen (secondary N) is 1. The third-order valence-corrected chi connectivity index (χ3v) is 3.50. The number of aromatic nitrogens is 2. The fraction of sp³-hybridized carbons (Fsp3) is 0.312. The molecule has 114 valence electrons. The molecule has 1 amide bonds. The highest BCUT2D eigenvalue weighted by atomic mass is 16.5. The number of nitrogens with zero attached hydrogens (tertiary/aromatic N) is 3. The average molecular weight is 298 g/mol. The predicted molar refractivity (Wildman–Crippen MR) is 82.5 cm³/mol. The molecule has 1 aliphatic rings. The van der Waals surface area contributed by atoms with Crippen LogP contribution in [0.25, 0.3) is 0 Å². The molecule has 0 aliphatic carbocycles. The number of hydrogen-bond donors (Lipinski definition) is 1. The zero-order chi connectivity index (χ0) is 15.2. The lowest BCUT2D eigenvalue weighted by molar-refractivity contribution is 0.0298. The van der Waals surface area contributed by atoms with Gasteiger partial charge in [-0.3, -0.25) is 4.79 Å². The first-order valence-electron chi connectivity index (χ1n) is 7.31. The Hall–Kier alpha value is -2.47. The SMILES string of the molecule is O=C(c1ccc(NCc2ccccc2)nn1)N1CCOCC1. The van der Waals surface area contributed by atoms with Gasteiger partial charge in [0.25, 0.3) is 5.91 Å². The van der Waals surface area contributed by atoms with E-state index in [-0.39, 0.29) is 5.91 Å². The summed E-state index contributed by atoms with van der Waals surface area (Å²) in [5.41, 5.74) is 1.53. The molecule has 1 fully saturated rings. The van der Waals surface area contributed by atoms with Crippen molar-refractivity contribution in [2.75, 3.05) is 31.6 Å². The molecule has 0 radical (unpaired) electrons. The number of rotatable bonds is 4. The van der Waals surface area contributed by atoms with Crippen LogP contribution in [0, 0.1) is 0 Å². The number of carbonyl (C=O) groups excluding carboxylic acids is 1. The second kappa shape index (κ2) is 7.00. The molecule has 1 aliphatic heterocycles. The molecule has 0 unspecified atom stereocenters. The molecule has 22 heavy (non-hydrogen) atoms. The maximum atomic E-state index is 12.2. The van der Waals surface area contributed by atoms with Crippen LogP contribution in [0.1, 0.15) is 16.1 Å². The van der Waals surface area contributed by atoms with Gasteiger partial charge in [0.1, 0.15) is 5.82 Å². The number of amides is 1. The minimum absolute atomic E-state index is 0.0922. The van der Waals surface area contributed by atoms with Gasteiger partial charge < -0.3 is 15.0 Å². The molecule has 0 bridgehead atoms. The van der Waals surface area contributed by atoms with Crippen LogP contribution >= 0.6 is 0 Å². The average Bonchev–Trinajstić information content (AvgIpc) is 2.61. The molecule has 2 aromatic rings. The van der Waals surface area contributed by atoms with Gasteiger partial charge in [0, 0.05) is 19.6 Å². The molecule has 0 atom stereocenters. The molecule has 0 saturated carbocycles. The first-order chi connectivity index (χ1) is 10.8. The molecule has 1 aromatic carbocycles. The van der Waals surface area contributed by atoms with Crippen LogP contribution in [-0.4, -0.2) is 47.3 Å². The Morgan fingerprint density at radius 1 is 1.09 bits per heavy atom. The van der Waals surface area contributed by atoms with Gasteiger partial charge in [-0.1, -0.05) is 30.3 Å². The Morgan fingerprint density at radius 2 is 1.86 bits per heavy atom. The topological polar surface area (TPSA) is 67.4 Å². The highest BCUT2D eigenvalue weighted by Gasteiger charge is 2.19. The molecule has 2 heterocycles. The summed E-state index contributed by atoms with van der Waals surface area (Å²) in [4.78, 5) is 14.0. The monoisotopic (exact) mass is 298 g/mol. The number of hydrogen-bond acceptors (Lipinski definition) is 5. The molecular weight excluding hydrogens is 280 g/mol. The van der Waals surface area contributed by atoms with Gasteiger partial charge in [0.05, 0.1) is 13.2 Å². The summed E-state index contributed by atoms with van der Waals surface area (Å²) < 4.78 is 5.24. The molecule has 3 rings (SSSR count). The van der Waals surface area contributed by atoms with E-state index in [0.717, 1.165) is 5.56 Å². The van der Waals surface area contributed by atoms with E-state index < -0.39 is 0 Å². The number of anilines is 1. The summed E-state index contributed by atoms with van der Waals surface area (Å²) in [5, 5.41) is 11.3. The Balaban J connectivity index is 1.59. The largest absolute Gasteiger partial charge is 0.378 e. The highest BCUT2D eigenvalue weighted by molar-refractivity contribution is 5.92. The fourth-order valence-corrected chi connectivity index (χ4v) is 2.26. The van der Waals surface area contributed by atoms with Gasteiger partial charge in [-0.15, -0.1) is 10.2 Å². The maximum absolute atomic E-state index is 12.2. The van der Waals surface area contributed by atoms with Gasteiger partial charge in [-0.05, 0) is 17.7 Å². The molecule has 6 nitrogen and oxygen atoms in total. The van der Waals surface area contributed by atoms with Crippen LogP contribution in [0.5, 0.6) is 0 Å². The van der Waals surface area contributed by atoms with E-state index in [1.54, 1.807) is 17.0 Å². The molecular formula is C16H18N4O2. The van der Waals surface area contributed by atoms with Crippen molar-refractivity contribution in [3.63, 3.8) is 0 Å². The summed E-state index contributed by atoms with van der Waals surface area (Å²) >= 11 is 0. The minimum Gasteiger partial charge on any atom is -0.378 e. The van der Waals surface area contributed by atoms with Crippen molar-refractivity contribution < 1.29 is 9.53 Å². The van der Waals surface area contributed by atoms with Crippen LogP contribution in [-0.2, 0) is 11.3 Å². The molecule has 6 heteroatoms. The summed E-state index contributed by atoms with van der Waals surface area (Å²) in [6.07, 6.45) is 0. The first-order valence-corrected chi connectivity index (χ1v) is 7.31. The van der Waals surface area contributed by atoms with Gasteiger partial charge in [-0.25, -0.2) is 0 Å². The van der Waals surface area contributed by atoms with E-state index in [4.69, 9.17) is 4.74 Å². The lowest BCUT2D eigenvalue weighted by Gasteiger charge is -2.26. The van der Waals surface area contributed by atoms with E-state index in [9.17, 15) is 4.79 Å². The number of carbonyl (C=O) groups is 1. The van der Waals surface area contributed by atoms with Crippen LogP contribution in [0.2, 0.25) is 0 Å². The molecule has 1 aromatic heterocycles. The van der Waals surface area contributed by atoms with E-state index in [1.807, 2.05) is 30.3 Å². The fourth-order valence-electron chi connectivity index (χ4n) is 2.26. The van der Waals surface area contributed by atoms with Gasteiger partial charge >= 0.3 is 0 Å². The van der Waals surface area contributed by atoms with E-state index in [0.29, 0.717) is 44.4 Å². The van der Waals surface area contributed by atoms with Crippen molar-refractivity contribution in [1.29, 1.82) is 0 Å². The standard InChI is InChI=1S/C16H18N4O2/c21-16(20-8-10-22-11-9-20)14-6-7-15(19-18-14)17-12-13-4-2-1-3-5-13/h1-7H,8-12H2,(H,17,19). The maximum Gasteiger partial charge on any atom is 0.274 e. The zero-order valence-electron chi connectivity index (χ0n) is 12.2. The lowest BCUT2D eigenvalue weighted by Crippen LogP contribution is -2.41. The normalized spacial score (nSPS) is 14.6. The summed E-state index contributed by atoms with van der Waals surface area (Å²) in [5.74, 6) is 0.563. The van der Waals surface area contributed by atoms with Crippen LogP contribution in [0.4, 0.5) is 5.82 Å². The van der Waals surface area contributed by atoms with Crippen molar-refractivity contribution in [2.45, 2.75) is 6.54 Å². The van der Waals surface area contributed by atoms with Crippen LogP contribution in [0.15, 0.2) is 42.5 Å². The second-order valence-electron chi connectivity index (χ2n) is 5.05. The van der Waals surface area contributed by atoms with Crippen LogP contribution < -0.4 is 5.32 Å². The smallest absolute Gasteiger partial charge is 0.274 e. The third kappa shape index (κ3) is 3.59. The summed E-state index contributed by atoms with van der Waals surface area (Å²) in [7, 11) is 0. The van der Waals surface area contributed by atoms with Crippen molar-refractivity contribution in [3.8, 4) is 0 Å². The first kappa shape index (κ1) is 14.5. The zero-order valence-corrected chi connectivity index (χ0v) is 12.2. The van der Waals surface area contributed by atoms with Crippen molar-refractivity contribution in [2.24, 2.45) is 0 Å². The number of ether oxygens (including phenoxy) is 1. The Bertz CT molecular complexity index is 610. The Kier molecular flexibility index (Phi) is 4.60. The van der Waals surface area contributed by atoms with E-state index >= 15 is 0 Å². The number of morpholine rings is 1. The molecule has 0 spiro atoms. The van der Waals surface area contributed by atoms with E-state index in [2.05, 4.69) is 15.5 Å². The minimum atomic E-state index is -0.0922. The van der Waals surface area contributed by atoms with Crippen LogP contribution in [0.3, 0.4) is 0 Å². The van der Waals surface area contributed by atoms with E-state index in [1.165, 1.54) is 0 Å². The Morgan fingerprint density at radius 3 is 2.55 bits per heavy atom. The van der Waals surface area contributed by atoms with Gasteiger partial charge in [-0.2, -0.15) is 0 Å². The van der Waals surface area contributed by atoms with Crippen molar-refractivity contribution in [1.82, 2.24) is 15.1 Å². The molecule has 1 saturated heterocycles. The number of benzene rings is 1. The van der Waals surface area contributed by atoms with Crippen molar-refractivity contribution in [3.05, 3.63) is 53.7 Å². The summed E-state index contributed by atoms with van der Waals surface area (Å²) in [6.45, 7) is 3.04. The van der Waals surface area contributed by atoms with Gasteiger partial charge in [0.15, 0.2) is 5.69 Å². The molecule has 1 N–H and O–H groups in total.